The molecule has 2 aromatic rings. The summed E-state index contributed by atoms with van der Waals surface area (Å²) in [4.78, 5) is 14.0. The van der Waals surface area contributed by atoms with E-state index in [1.54, 1.807) is 22.7 Å². The summed E-state index contributed by atoms with van der Waals surface area (Å²) in [6, 6.07) is 7.97. The minimum absolute atomic E-state index is 0.0261. The molecule has 0 aliphatic carbocycles. The van der Waals surface area contributed by atoms with Crippen LogP contribution in [-0.2, 0) is 4.79 Å². The molecule has 4 heteroatoms. The molecule has 1 aliphatic rings. The number of thiophene rings is 2. The van der Waals surface area contributed by atoms with Crippen LogP contribution in [0.5, 0.6) is 0 Å². The maximum Gasteiger partial charge on any atom is 0.255 e. The highest BCUT2D eigenvalue weighted by Crippen LogP contribution is 2.25. The molecule has 0 bridgehead atoms. The number of carbonyl (C=O) groups is 1. The second-order valence-electron chi connectivity index (χ2n) is 3.60. The molecule has 0 radical (unpaired) electrons. The van der Waals surface area contributed by atoms with E-state index in [-0.39, 0.29) is 5.91 Å². The molecule has 3 heterocycles. The van der Waals surface area contributed by atoms with Gasteiger partial charge in [-0.1, -0.05) is 12.1 Å². The number of nitrogens with one attached hydrogen (secondary N) is 1. The van der Waals surface area contributed by atoms with Crippen molar-refractivity contribution in [1.82, 2.24) is 5.32 Å². The molecule has 84 valence electrons. The maximum atomic E-state index is 11.8. The topological polar surface area (TPSA) is 29.1 Å². The van der Waals surface area contributed by atoms with Crippen LogP contribution in [0.2, 0.25) is 0 Å². The summed E-state index contributed by atoms with van der Waals surface area (Å²) in [6.45, 7) is 0. The van der Waals surface area contributed by atoms with Gasteiger partial charge in [0, 0.05) is 10.5 Å². The first-order valence-corrected chi connectivity index (χ1v) is 6.91. The summed E-state index contributed by atoms with van der Waals surface area (Å²) >= 11 is 3.25. The van der Waals surface area contributed by atoms with E-state index in [2.05, 4.69) is 5.32 Å². The number of rotatable bonds is 2. The Morgan fingerprint density at radius 1 is 1.12 bits per heavy atom. The maximum absolute atomic E-state index is 11.8. The second kappa shape index (κ2) is 4.31. The predicted molar refractivity (Wildman–Crippen MR) is 72.7 cm³/mol. The van der Waals surface area contributed by atoms with E-state index in [4.69, 9.17) is 0 Å². The Kier molecular flexibility index (Phi) is 2.66. The first kappa shape index (κ1) is 10.5. The van der Waals surface area contributed by atoms with Gasteiger partial charge in [-0.3, -0.25) is 4.79 Å². The van der Waals surface area contributed by atoms with Gasteiger partial charge in [0.1, 0.15) is 0 Å². The van der Waals surface area contributed by atoms with Gasteiger partial charge < -0.3 is 5.32 Å². The van der Waals surface area contributed by atoms with E-state index >= 15 is 0 Å². The van der Waals surface area contributed by atoms with Gasteiger partial charge in [0.2, 0.25) is 0 Å². The fourth-order valence-corrected chi connectivity index (χ4v) is 3.01. The summed E-state index contributed by atoms with van der Waals surface area (Å²) in [7, 11) is 0. The van der Waals surface area contributed by atoms with Gasteiger partial charge in [-0.2, -0.15) is 0 Å². The summed E-state index contributed by atoms with van der Waals surface area (Å²) in [6.07, 6.45) is 3.83. The Labute approximate surface area is 107 Å². The number of carbonyl (C=O) groups excluding carboxylic acids is 1. The lowest BCUT2D eigenvalue weighted by atomic mass is 10.2. The van der Waals surface area contributed by atoms with E-state index in [0.29, 0.717) is 0 Å². The molecule has 3 rings (SSSR count). The third kappa shape index (κ3) is 2.09. The molecule has 1 amide bonds. The number of amides is 1. The van der Waals surface area contributed by atoms with Gasteiger partial charge in [-0.05, 0) is 35.0 Å². The fraction of sp³-hybridized carbons (Fsp3) is 0. The summed E-state index contributed by atoms with van der Waals surface area (Å²) < 4.78 is 0. The molecule has 0 spiro atoms. The molecule has 1 aliphatic heterocycles. The third-order valence-electron chi connectivity index (χ3n) is 2.44. The summed E-state index contributed by atoms with van der Waals surface area (Å²) in [5.41, 5.74) is 1.61. The van der Waals surface area contributed by atoms with Gasteiger partial charge in [0.15, 0.2) is 0 Å². The standard InChI is InChI=1S/C13H9NOS2/c15-13-9(7-10-3-1-5-16-10)8-11(14-13)12-4-2-6-17-12/h1-8H,(H,14,15). The van der Waals surface area contributed by atoms with Crippen LogP contribution in [0.15, 0.2) is 46.7 Å². The van der Waals surface area contributed by atoms with E-state index in [1.165, 1.54) is 0 Å². The highest BCUT2D eigenvalue weighted by atomic mass is 32.1. The lowest BCUT2D eigenvalue weighted by Crippen LogP contribution is -2.15. The highest BCUT2D eigenvalue weighted by molar-refractivity contribution is 7.11. The molecule has 17 heavy (non-hydrogen) atoms. The molecule has 0 aromatic carbocycles. The Balaban J connectivity index is 1.95. The van der Waals surface area contributed by atoms with Crippen LogP contribution >= 0.6 is 22.7 Å². The van der Waals surface area contributed by atoms with Crippen LogP contribution in [0.1, 0.15) is 9.75 Å². The third-order valence-corrected chi connectivity index (χ3v) is 4.16. The van der Waals surface area contributed by atoms with Crippen molar-refractivity contribution < 1.29 is 4.79 Å². The van der Waals surface area contributed by atoms with Crippen LogP contribution in [0, 0.1) is 0 Å². The molecule has 1 N–H and O–H groups in total. The molecule has 0 atom stereocenters. The molecule has 0 saturated carbocycles. The molecule has 2 nitrogen and oxygen atoms in total. The van der Waals surface area contributed by atoms with Crippen molar-refractivity contribution in [3.8, 4) is 0 Å². The van der Waals surface area contributed by atoms with Crippen molar-refractivity contribution in [2.45, 2.75) is 0 Å². The van der Waals surface area contributed by atoms with Crippen molar-refractivity contribution in [2.75, 3.05) is 0 Å². The quantitative estimate of drug-likeness (QED) is 0.823. The monoisotopic (exact) mass is 259 g/mol. The van der Waals surface area contributed by atoms with Crippen LogP contribution in [-0.4, -0.2) is 5.91 Å². The van der Waals surface area contributed by atoms with Gasteiger partial charge in [-0.25, -0.2) is 0 Å². The molecular weight excluding hydrogens is 250 g/mol. The van der Waals surface area contributed by atoms with E-state index in [1.807, 2.05) is 47.2 Å². The van der Waals surface area contributed by atoms with Crippen molar-refractivity contribution >= 4 is 40.4 Å². The van der Waals surface area contributed by atoms with Crippen LogP contribution in [0.4, 0.5) is 0 Å². The first-order chi connectivity index (χ1) is 8.33. The van der Waals surface area contributed by atoms with Crippen molar-refractivity contribution in [2.24, 2.45) is 0 Å². The normalized spacial score (nSPS) is 17.3. The number of hydrogen-bond acceptors (Lipinski definition) is 3. The summed E-state index contributed by atoms with van der Waals surface area (Å²) in [5.74, 6) is -0.0261. The minimum atomic E-state index is -0.0261. The van der Waals surface area contributed by atoms with Crippen LogP contribution < -0.4 is 5.32 Å². The van der Waals surface area contributed by atoms with E-state index < -0.39 is 0 Å². The highest BCUT2D eigenvalue weighted by Gasteiger charge is 2.19. The average Bonchev–Trinajstić information content (AvgIpc) is 3.02. The minimum Gasteiger partial charge on any atom is -0.321 e. The van der Waals surface area contributed by atoms with Gasteiger partial charge >= 0.3 is 0 Å². The van der Waals surface area contributed by atoms with Gasteiger partial charge in [-0.15, -0.1) is 22.7 Å². The smallest absolute Gasteiger partial charge is 0.255 e. The average molecular weight is 259 g/mol. The lowest BCUT2D eigenvalue weighted by molar-refractivity contribution is -0.115. The van der Waals surface area contributed by atoms with Gasteiger partial charge in [0.05, 0.1) is 10.6 Å². The second-order valence-corrected chi connectivity index (χ2v) is 5.53. The molecule has 0 fully saturated rings. The predicted octanol–water partition coefficient (Wildman–Crippen LogP) is 3.36. The van der Waals surface area contributed by atoms with E-state index in [0.717, 1.165) is 21.0 Å². The Morgan fingerprint density at radius 2 is 1.94 bits per heavy atom. The Morgan fingerprint density at radius 3 is 2.65 bits per heavy atom. The van der Waals surface area contributed by atoms with Crippen molar-refractivity contribution in [3.63, 3.8) is 0 Å². The van der Waals surface area contributed by atoms with Crippen LogP contribution in [0.3, 0.4) is 0 Å². The lowest BCUT2D eigenvalue weighted by Gasteiger charge is -1.96. The van der Waals surface area contributed by atoms with Gasteiger partial charge in [0.25, 0.3) is 5.91 Å². The number of hydrogen-bond donors (Lipinski definition) is 1. The fourth-order valence-electron chi connectivity index (χ4n) is 1.65. The molecule has 0 unspecified atom stereocenters. The SMILES string of the molecule is O=C1NC(c2cccs2)=CC1=Cc1cccs1. The Hall–Kier alpha value is -1.65. The molecular formula is C13H9NOS2. The zero-order chi connectivity index (χ0) is 11.7. The molecule has 2 aromatic heterocycles. The zero-order valence-electron chi connectivity index (χ0n) is 8.84. The first-order valence-electron chi connectivity index (χ1n) is 5.15. The Bertz CT molecular complexity index is 591. The molecule has 0 saturated heterocycles. The largest absolute Gasteiger partial charge is 0.321 e. The van der Waals surface area contributed by atoms with Crippen LogP contribution in [0.25, 0.3) is 11.8 Å². The van der Waals surface area contributed by atoms with Crippen molar-refractivity contribution in [1.29, 1.82) is 0 Å². The van der Waals surface area contributed by atoms with E-state index in [9.17, 15) is 4.79 Å². The van der Waals surface area contributed by atoms with Crippen molar-refractivity contribution in [3.05, 3.63) is 56.4 Å². The summed E-state index contributed by atoms with van der Waals surface area (Å²) in [5, 5.41) is 6.89. The zero-order valence-corrected chi connectivity index (χ0v) is 10.5.